The van der Waals surface area contributed by atoms with Crippen LogP contribution in [0.15, 0.2) is 18.2 Å². The van der Waals surface area contributed by atoms with Gasteiger partial charge in [0.2, 0.25) is 0 Å². The van der Waals surface area contributed by atoms with Crippen LogP contribution < -0.4 is 0 Å². The maximum atomic E-state index is 13.4. The van der Waals surface area contributed by atoms with Crippen molar-refractivity contribution in [2.24, 2.45) is 0 Å². The van der Waals surface area contributed by atoms with Gasteiger partial charge in [0.25, 0.3) is 5.92 Å². The zero-order chi connectivity index (χ0) is 14.9. The molecule has 0 spiro atoms. The molecule has 1 fully saturated rings. The van der Waals surface area contributed by atoms with Crippen LogP contribution >= 0.6 is 0 Å². The van der Waals surface area contributed by atoms with Gasteiger partial charge in [-0.15, -0.1) is 0 Å². The Morgan fingerprint density at radius 2 is 2.10 bits per heavy atom. The molecule has 0 radical (unpaired) electrons. The first-order chi connectivity index (χ1) is 9.28. The van der Waals surface area contributed by atoms with E-state index in [0.29, 0.717) is 6.07 Å². The molecule has 2 rings (SSSR count). The van der Waals surface area contributed by atoms with Gasteiger partial charge in [-0.25, -0.2) is 22.4 Å². The summed E-state index contributed by atoms with van der Waals surface area (Å²) < 4.78 is 56.6. The second kappa shape index (κ2) is 5.40. The Morgan fingerprint density at radius 1 is 1.40 bits per heavy atom. The topological polar surface area (TPSA) is 46.5 Å². The fourth-order valence-electron chi connectivity index (χ4n) is 2.09. The summed E-state index contributed by atoms with van der Waals surface area (Å²) in [6.45, 7) is 0. The summed E-state index contributed by atoms with van der Waals surface area (Å²) in [6, 6.07) is 2.29. The van der Waals surface area contributed by atoms with Crippen LogP contribution in [0.1, 0.15) is 30.9 Å². The number of ether oxygens (including phenoxy) is 1. The van der Waals surface area contributed by atoms with Crippen LogP contribution in [0.25, 0.3) is 0 Å². The van der Waals surface area contributed by atoms with E-state index < -0.39 is 54.1 Å². The average molecular weight is 292 g/mol. The van der Waals surface area contributed by atoms with E-state index in [1.54, 1.807) is 0 Å². The quantitative estimate of drug-likeness (QED) is 0.688. The molecule has 0 aliphatic heterocycles. The molecule has 1 N–H and O–H groups in total. The third-order valence-corrected chi connectivity index (χ3v) is 3.12. The lowest BCUT2D eigenvalue weighted by molar-refractivity contribution is -0.160. The molecule has 0 aromatic heterocycles. The van der Waals surface area contributed by atoms with Gasteiger partial charge < -0.3 is 9.84 Å². The van der Waals surface area contributed by atoms with E-state index >= 15 is 0 Å². The molecule has 1 aromatic carbocycles. The lowest BCUT2D eigenvalue weighted by atomic mass is 10.1. The van der Waals surface area contributed by atoms with Crippen molar-refractivity contribution in [1.82, 2.24) is 0 Å². The number of esters is 1. The molecule has 3 nitrogen and oxygen atoms in total. The fraction of sp³-hybridized carbons (Fsp3) is 0.462. The summed E-state index contributed by atoms with van der Waals surface area (Å²) in [5.41, 5.74) is -0.457. The van der Waals surface area contributed by atoms with Gasteiger partial charge in [0.05, 0.1) is 0 Å². The second-order valence-electron chi connectivity index (χ2n) is 4.73. The highest BCUT2D eigenvalue weighted by Crippen LogP contribution is 2.37. The minimum atomic E-state index is -2.89. The summed E-state index contributed by atoms with van der Waals surface area (Å²) in [7, 11) is 0. The fourth-order valence-corrected chi connectivity index (χ4v) is 2.09. The zero-order valence-corrected chi connectivity index (χ0v) is 10.3. The summed E-state index contributed by atoms with van der Waals surface area (Å²) >= 11 is 0. The van der Waals surface area contributed by atoms with Crippen molar-refractivity contribution in [2.45, 2.75) is 37.4 Å². The molecule has 2 atom stereocenters. The molecule has 0 bridgehead atoms. The molecule has 0 amide bonds. The lowest BCUT2D eigenvalue weighted by Crippen LogP contribution is -2.23. The SMILES string of the molecule is O=C(OC1CCC(F)(F)C1)C(O)c1ccc(F)cc1F. The third kappa shape index (κ3) is 3.27. The van der Waals surface area contributed by atoms with Crippen molar-refractivity contribution in [1.29, 1.82) is 0 Å². The van der Waals surface area contributed by atoms with Crippen molar-refractivity contribution in [3.63, 3.8) is 0 Å². The van der Waals surface area contributed by atoms with Gasteiger partial charge >= 0.3 is 5.97 Å². The number of aliphatic hydroxyl groups excluding tert-OH is 1. The van der Waals surface area contributed by atoms with Gasteiger partial charge in [-0.2, -0.15) is 0 Å². The largest absolute Gasteiger partial charge is 0.460 e. The summed E-state index contributed by atoms with van der Waals surface area (Å²) in [5.74, 6) is -6.08. The highest BCUT2D eigenvalue weighted by molar-refractivity contribution is 5.76. The van der Waals surface area contributed by atoms with Crippen molar-refractivity contribution < 1.29 is 32.2 Å². The molecule has 1 aliphatic rings. The molecule has 1 aliphatic carbocycles. The van der Waals surface area contributed by atoms with Crippen molar-refractivity contribution in [3.05, 3.63) is 35.4 Å². The molecule has 1 aromatic rings. The first-order valence-corrected chi connectivity index (χ1v) is 6.00. The van der Waals surface area contributed by atoms with Crippen LogP contribution in [0.2, 0.25) is 0 Å². The number of carbonyl (C=O) groups excluding carboxylic acids is 1. The Hall–Kier alpha value is -1.63. The van der Waals surface area contributed by atoms with Gasteiger partial charge in [0.15, 0.2) is 6.10 Å². The number of benzene rings is 1. The molecule has 0 heterocycles. The van der Waals surface area contributed by atoms with Gasteiger partial charge in [-0.1, -0.05) is 0 Å². The predicted molar refractivity (Wildman–Crippen MR) is 60.0 cm³/mol. The molecule has 1 saturated carbocycles. The average Bonchev–Trinajstić information content (AvgIpc) is 2.68. The summed E-state index contributed by atoms with van der Waals surface area (Å²) in [4.78, 5) is 11.6. The van der Waals surface area contributed by atoms with Crippen LogP contribution in [-0.4, -0.2) is 23.1 Å². The second-order valence-corrected chi connectivity index (χ2v) is 4.73. The first-order valence-electron chi connectivity index (χ1n) is 6.00. The Morgan fingerprint density at radius 3 is 2.65 bits per heavy atom. The number of hydrogen-bond acceptors (Lipinski definition) is 3. The molecule has 110 valence electrons. The molecule has 7 heteroatoms. The summed E-state index contributed by atoms with van der Waals surface area (Å²) in [5, 5.41) is 9.63. The molecular weight excluding hydrogens is 280 g/mol. The standard InChI is InChI=1S/C13H12F4O3/c14-7-1-2-9(10(15)5-7)11(18)12(19)20-8-3-4-13(16,17)6-8/h1-2,5,8,11,18H,3-4,6H2. The molecule has 20 heavy (non-hydrogen) atoms. The van der Waals surface area contributed by atoms with Crippen LogP contribution in [0.3, 0.4) is 0 Å². The number of carbonyl (C=O) groups is 1. The van der Waals surface area contributed by atoms with E-state index in [1.165, 1.54) is 0 Å². The minimum Gasteiger partial charge on any atom is -0.460 e. The smallest absolute Gasteiger partial charge is 0.340 e. The van der Waals surface area contributed by atoms with Gasteiger partial charge in [-0.3, -0.25) is 0 Å². The molecular formula is C13H12F4O3. The highest BCUT2D eigenvalue weighted by atomic mass is 19.3. The van der Waals surface area contributed by atoms with Gasteiger partial charge in [0, 0.05) is 24.5 Å². The zero-order valence-electron chi connectivity index (χ0n) is 10.3. The Labute approximate surface area is 112 Å². The predicted octanol–water partition coefficient (Wildman–Crippen LogP) is 2.73. The van der Waals surface area contributed by atoms with Crippen molar-refractivity contribution in [3.8, 4) is 0 Å². The Kier molecular flexibility index (Phi) is 3.99. The van der Waals surface area contributed by atoms with Crippen LogP contribution in [-0.2, 0) is 9.53 Å². The number of halogens is 4. The van der Waals surface area contributed by atoms with Crippen LogP contribution in [0.4, 0.5) is 17.6 Å². The van der Waals surface area contributed by atoms with Gasteiger partial charge in [0.1, 0.15) is 17.7 Å². The number of hydrogen-bond donors (Lipinski definition) is 1. The number of rotatable bonds is 3. The number of aliphatic hydroxyl groups is 1. The highest BCUT2D eigenvalue weighted by Gasteiger charge is 2.42. The molecule has 2 unspecified atom stereocenters. The molecule has 0 saturated heterocycles. The van der Waals surface area contributed by atoms with E-state index in [1.807, 2.05) is 0 Å². The number of alkyl halides is 2. The first kappa shape index (κ1) is 14.8. The summed E-state index contributed by atoms with van der Waals surface area (Å²) in [6.07, 6.45) is -4.00. The van der Waals surface area contributed by atoms with Gasteiger partial charge in [-0.05, 0) is 18.6 Å². The monoisotopic (exact) mass is 292 g/mol. The van der Waals surface area contributed by atoms with E-state index in [-0.39, 0.29) is 6.42 Å². The lowest BCUT2D eigenvalue weighted by Gasteiger charge is -2.16. The van der Waals surface area contributed by atoms with E-state index in [9.17, 15) is 27.5 Å². The Balaban J connectivity index is 2.02. The van der Waals surface area contributed by atoms with Crippen LogP contribution in [0, 0.1) is 11.6 Å². The van der Waals surface area contributed by atoms with E-state index in [4.69, 9.17) is 4.74 Å². The Bertz CT molecular complexity index is 518. The normalized spacial score (nSPS) is 22.6. The van der Waals surface area contributed by atoms with Crippen molar-refractivity contribution >= 4 is 5.97 Å². The third-order valence-electron chi connectivity index (χ3n) is 3.12. The van der Waals surface area contributed by atoms with E-state index in [2.05, 4.69) is 0 Å². The van der Waals surface area contributed by atoms with Crippen molar-refractivity contribution in [2.75, 3.05) is 0 Å². The van der Waals surface area contributed by atoms with Crippen LogP contribution in [0.5, 0.6) is 0 Å². The van der Waals surface area contributed by atoms with E-state index in [0.717, 1.165) is 12.1 Å². The minimum absolute atomic E-state index is 0.0165. The maximum absolute atomic E-state index is 13.4. The maximum Gasteiger partial charge on any atom is 0.340 e.